The second kappa shape index (κ2) is 10.8. The molecule has 3 aromatic rings. The summed E-state index contributed by atoms with van der Waals surface area (Å²) in [5.74, 6) is 0.754. The van der Waals surface area contributed by atoms with E-state index in [9.17, 15) is 18.0 Å². The lowest BCUT2D eigenvalue weighted by Gasteiger charge is -2.38. The van der Waals surface area contributed by atoms with Crippen molar-refractivity contribution in [1.29, 1.82) is 0 Å². The first-order chi connectivity index (χ1) is 17.8. The largest absolute Gasteiger partial charge is 0.439 e. The van der Waals surface area contributed by atoms with Crippen molar-refractivity contribution in [3.05, 3.63) is 78.2 Å². The van der Waals surface area contributed by atoms with E-state index in [1.165, 1.54) is 18.4 Å². The molecule has 2 fully saturated rings. The van der Waals surface area contributed by atoms with E-state index in [1.54, 1.807) is 29.2 Å². The van der Waals surface area contributed by atoms with E-state index in [0.717, 1.165) is 37.7 Å². The van der Waals surface area contributed by atoms with Crippen molar-refractivity contribution in [2.24, 2.45) is 0 Å². The molecule has 0 radical (unpaired) electrons. The van der Waals surface area contributed by atoms with E-state index in [-0.39, 0.29) is 5.88 Å². The Morgan fingerprint density at radius 3 is 2.16 bits per heavy atom. The molecular formula is C27H27F3N4O3. The zero-order chi connectivity index (χ0) is 25.8. The minimum Gasteiger partial charge on any atom is -0.439 e. The van der Waals surface area contributed by atoms with Gasteiger partial charge in [0.15, 0.2) is 0 Å². The molecule has 0 N–H and O–H groups in total. The van der Waals surface area contributed by atoms with Crippen LogP contribution in [0.15, 0.2) is 67.1 Å². The molecule has 1 aromatic carbocycles. The SMILES string of the molecule is O=C(Oc1ccc(Oc2ccc(C(F)(F)F)cn2)cc1)N1CCC(N(Cc2ccncc2)C2CC2)CC1. The molecule has 0 bridgehead atoms. The summed E-state index contributed by atoms with van der Waals surface area (Å²) in [6.07, 6.45) is 3.74. The minimum absolute atomic E-state index is 0.0322. The van der Waals surface area contributed by atoms with Gasteiger partial charge in [-0.05, 0) is 73.7 Å². The molecule has 37 heavy (non-hydrogen) atoms. The number of nitrogens with zero attached hydrogens (tertiary/aromatic N) is 4. The summed E-state index contributed by atoms with van der Waals surface area (Å²) in [6.45, 7) is 2.16. The third-order valence-corrected chi connectivity index (χ3v) is 6.64. The van der Waals surface area contributed by atoms with Crippen LogP contribution in [0.25, 0.3) is 0 Å². The van der Waals surface area contributed by atoms with Crippen molar-refractivity contribution in [3.63, 3.8) is 0 Å². The van der Waals surface area contributed by atoms with Gasteiger partial charge >= 0.3 is 12.3 Å². The molecule has 1 amide bonds. The summed E-state index contributed by atoms with van der Waals surface area (Å²) in [5, 5.41) is 0. The van der Waals surface area contributed by atoms with Gasteiger partial charge in [-0.25, -0.2) is 9.78 Å². The topological polar surface area (TPSA) is 67.8 Å². The van der Waals surface area contributed by atoms with Crippen LogP contribution in [-0.2, 0) is 12.7 Å². The Kier molecular flexibility index (Phi) is 7.27. The molecule has 0 atom stereocenters. The van der Waals surface area contributed by atoms with Crippen LogP contribution >= 0.6 is 0 Å². The molecular weight excluding hydrogens is 485 g/mol. The van der Waals surface area contributed by atoms with Gasteiger partial charge in [-0.1, -0.05) is 0 Å². The van der Waals surface area contributed by atoms with Crippen LogP contribution in [0, 0.1) is 0 Å². The fraction of sp³-hybridized carbons (Fsp3) is 0.370. The number of pyridine rings is 2. The van der Waals surface area contributed by atoms with Gasteiger partial charge in [-0.3, -0.25) is 9.88 Å². The maximum Gasteiger partial charge on any atom is 0.417 e. The number of piperidine rings is 1. The van der Waals surface area contributed by atoms with Gasteiger partial charge in [-0.15, -0.1) is 0 Å². The predicted octanol–water partition coefficient (Wildman–Crippen LogP) is 5.92. The second-order valence-electron chi connectivity index (χ2n) is 9.30. The van der Waals surface area contributed by atoms with Crippen molar-refractivity contribution in [1.82, 2.24) is 19.8 Å². The van der Waals surface area contributed by atoms with Crippen LogP contribution in [-0.4, -0.2) is 51.0 Å². The summed E-state index contributed by atoms with van der Waals surface area (Å²) < 4.78 is 49.0. The van der Waals surface area contributed by atoms with E-state index in [1.807, 2.05) is 12.4 Å². The summed E-state index contributed by atoms with van der Waals surface area (Å²) in [6, 6.07) is 13.5. The van der Waals surface area contributed by atoms with Gasteiger partial charge < -0.3 is 14.4 Å². The first-order valence-corrected chi connectivity index (χ1v) is 12.3. The first-order valence-electron chi connectivity index (χ1n) is 12.3. The summed E-state index contributed by atoms with van der Waals surface area (Å²) >= 11 is 0. The summed E-state index contributed by atoms with van der Waals surface area (Å²) in [4.78, 5) is 24.8. The molecule has 2 aliphatic rings. The molecule has 5 rings (SSSR count). The number of carbonyl (C=O) groups is 1. The Hall–Kier alpha value is -3.66. The number of benzene rings is 1. The second-order valence-corrected chi connectivity index (χ2v) is 9.30. The zero-order valence-corrected chi connectivity index (χ0v) is 20.1. The lowest BCUT2D eigenvalue weighted by atomic mass is 10.0. The number of aromatic nitrogens is 2. The molecule has 7 nitrogen and oxygen atoms in total. The van der Waals surface area contributed by atoms with Gasteiger partial charge in [0.05, 0.1) is 5.56 Å². The number of rotatable bonds is 7. The highest BCUT2D eigenvalue weighted by atomic mass is 19.4. The van der Waals surface area contributed by atoms with Crippen molar-refractivity contribution in [3.8, 4) is 17.4 Å². The highest BCUT2D eigenvalue weighted by Gasteiger charge is 2.36. The van der Waals surface area contributed by atoms with Crippen molar-refractivity contribution in [2.45, 2.75) is 50.5 Å². The smallest absolute Gasteiger partial charge is 0.417 e. The number of likely N-dealkylation sites (tertiary alicyclic amines) is 1. The van der Waals surface area contributed by atoms with Crippen molar-refractivity contribution in [2.75, 3.05) is 13.1 Å². The van der Waals surface area contributed by atoms with Crippen molar-refractivity contribution >= 4 is 6.09 Å². The number of amides is 1. The third-order valence-electron chi connectivity index (χ3n) is 6.64. The minimum atomic E-state index is -4.46. The van der Waals surface area contributed by atoms with Gasteiger partial charge in [0.25, 0.3) is 0 Å². The molecule has 0 spiro atoms. The highest BCUT2D eigenvalue weighted by Crippen LogP contribution is 2.34. The number of alkyl halides is 3. The Bertz CT molecular complexity index is 1180. The van der Waals surface area contributed by atoms with E-state index in [0.29, 0.717) is 36.7 Å². The van der Waals surface area contributed by atoms with Crippen LogP contribution in [0.4, 0.5) is 18.0 Å². The highest BCUT2D eigenvalue weighted by molar-refractivity contribution is 5.70. The number of hydrogen-bond donors (Lipinski definition) is 0. The molecule has 3 heterocycles. The first kappa shape index (κ1) is 25.0. The predicted molar refractivity (Wildman–Crippen MR) is 129 cm³/mol. The van der Waals surface area contributed by atoms with E-state index in [2.05, 4.69) is 27.0 Å². The zero-order valence-electron chi connectivity index (χ0n) is 20.1. The fourth-order valence-corrected chi connectivity index (χ4v) is 4.51. The van der Waals surface area contributed by atoms with Gasteiger partial charge in [0.1, 0.15) is 11.5 Å². The molecule has 1 saturated heterocycles. The Morgan fingerprint density at radius 2 is 1.57 bits per heavy atom. The number of halogens is 3. The van der Waals surface area contributed by atoms with E-state index < -0.39 is 17.8 Å². The average Bonchev–Trinajstić information content (AvgIpc) is 3.74. The van der Waals surface area contributed by atoms with E-state index in [4.69, 9.17) is 9.47 Å². The molecule has 0 unspecified atom stereocenters. The molecule has 1 saturated carbocycles. The third kappa shape index (κ3) is 6.56. The summed E-state index contributed by atoms with van der Waals surface area (Å²) in [7, 11) is 0. The van der Waals surface area contributed by atoms with Crippen LogP contribution in [0.5, 0.6) is 17.4 Å². The molecule has 194 valence electrons. The quantitative estimate of drug-likeness (QED) is 0.392. The standard InChI is InChI=1S/C27H27F3N4O3/c28-27(29,30)20-1-8-25(32-17-20)36-23-4-6-24(7-5-23)37-26(35)33-15-11-22(12-16-33)34(21-2-3-21)18-19-9-13-31-14-10-19/h1,4-10,13-14,17,21-22H,2-3,11-12,15-16,18H2. The van der Waals surface area contributed by atoms with Crippen LogP contribution in [0.2, 0.25) is 0 Å². The average molecular weight is 513 g/mol. The van der Waals surface area contributed by atoms with Crippen LogP contribution in [0.1, 0.15) is 36.8 Å². The van der Waals surface area contributed by atoms with Gasteiger partial charge in [-0.2, -0.15) is 13.2 Å². The molecule has 1 aliphatic heterocycles. The Morgan fingerprint density at radius 1 is 0.919 bits per heavy atom. The number of ether oxygens (including phenoxy) is 2. The van der Waals surface area contributed by atoms with Gasteiger partial charge in [0.2, 0.25) is 5.88 Å². The van der Waals surface area contributed by atoms with Crippen LogP contribution < -0.4 is 9.47 Å². The maximum atomic E-state index is 12.7. The Labute approximate surface area is 212 Å². The number of carbonyl (C=O) groups excluding carboxylic acids is 1. The number of hydrogen-bond acceptors (Lipinski definition) is 6. The molecule has 10 heteroatoms. The lowest BCUT2D eigenvalue weighted by molar-refractivity contribution is -0.137. The van der Waals surface area contributed by atoms with Crippen molar-refractivity contribution < 1.29 is 27.4 Å². The monoisotopic (exact) mass is 512 g/mol. The van der Waals surface area contributed by atoms with Gasteiger partial charge in [0, 0.05) is 56.4 Å². The van der Waals surface area contributed by atoms with E-state index >= 15 is 0 Å². The maximum absolute atomic E-state index is 12.7. The fourth-order valence-electron chi connectivity index (χ4n) is 4.51. The normalized spacial score (nSPS) is 16.6. The Balaban J connectivity index is 1.11. The lowest BCUT2D eigenvalue weighted by Crippen LogP contribution is -2.48. The summed E-state index contributed by atoms with van der Waals surface area (Å²) in [5.41, 5.74) is 0.408. The van der Waals surface area contributed by atoms with Crippen LogP contribution in [0.3, 0.4) is 0 Å². The molecule has 1 aliphatic carbocycles. The molecule has 2 aromatic heterocycles.